The van der Waals surface area contributed by atoms with Crippen molar-refractivity contribution in [2.75, 3.05) is 11.9 Å². The van der Waals surface area contributed by atoms with Gasteiger partial charge >= 0.3 is 5.69 Å². The normalized spacial score (nSPS) is 16.3. The maximum atomic E-state index is 12.2. The van der Waals surface area contributed by atoms with Crippen LogP contribution < -0.4 is 21.3 Å². The van der Waals surface area contributed by atoms with Crippen molar-refractivity contribution in [3.8, 4) is 11.8 Å². The zero-order valence-electron chi connectivity index (χ0n) is 13.9. The second kappa shape index (κ2) is 6.65. The Bertz CT molecular complexity index is 987. The lowest BCUT2D eigenvalue weighted by atomic mass is 10.0. The highest BCUT2D eigenvalue weighted by Crippen LogP contribution is 2.35. The van der Waals surface area contributed by atoms with E-state index >= 15 is 0 Å². The van der Waals surface area contributed by atoms with Crippen LogP contribution in [0.5, 0.6) is 5.75 Å². The van der Waals surface area contributed by atoms with Crippen LogP contribution in [0.25, 0.3) is 0 Å². The summed E-state index contributed by atoms with van der Waals surface area (Å²) in [7, 11) is 2.88. The fourth-order valence-electron chi connectivity index (χ4n) is 2.98. The largest absolute Gasteiger partial charge is 0.493 e. The van der Waals surface area contributed by atoms with Crippen LogP contribution in [-0.4, -0.2) is 15.7 Å². The molecule has 0 bridgehead atoms. The number of anilines is 1. The summed E-state index contributed by atoms with van der Waals surface area (Å²) in [6.45, 7) is 0.548. The minimum absolute atomic E-state index is 0.0923. The fourth-order valence-corrected chi connectivity index (χ4v) is 3.14. The molecule has 0 amide bonds. The molecule has 7 nitrogen and oxygen atoms in total. The highest BCUT2D eigenvalue weighted by Gasteiger charge is 2.24. The first-order valence-corrected chi connectivity index (χ1v) is 8.20. The quantitative estimate of drug-likeness (QED) is 0.884. The SMILES string of the molecule is Cn1c(NC2CCCOc3cc(Cl)ccc32)c(C#N)c(=O)n(C)c1=O. The van der Waals surface area contributed by atoms with Gasteiger partial charge < -0.3 is 10.1 Å². The van der Waals surface area contributed by atoms with Crippen LogP contribution in [0.2, 0.25) is 5.02 Å². The first kappa shape index (κ1) is 17.1. The van der Waals surface area contributed by atoms with Gasteiger partial charge in [0.15, 0.2) is 5.56 Å². The maximum absolute atomic E-state index is 12.2. The molecule has 0 spiro atoms. The van der Waals surface area contributed by atoms with Crippen LogP contribution in [-0.2, 0) is 14.1 Å². The predicted octanol–water partition coefficient (Wildman–Crippen LogP) is 1.93. The Hall–Kier alpha value is -2.72. The van der Waals surface area contributed by atoms with E-state index in [1.165, 1.54) is 18.7 Å². The molecule has 130 valence electrons. The third-order valence-corrected chi connectivity index (χ3v) is 4.57. The van der Waals surface area contributed by atoms with Gasteiger partial charge in [-0.3, -0.25) is 13.9 Å². The number of nitriles is 1. The van der Waals surface area contributed by atoms with Crippen molar-refractivity contribution in [1.29, 1.82) is 5.26 Å². The first-order chi connectivity index (χ1) is 11.9. The first-order valence-electron chi connectivity index (χ1n) is 7.83. The van der Waals surface area contributed by atoms with Gasteiger partial charge in [-0.2, -0.15) is 5.26 Å². The second-order valence-electron chi connectivity index (χ2n) is 5.91. The number of halogens is 1. The second-order valence-corrected chi connectivity index (χ2v) is 6.35. The zero-order chi connectivity index (χ0) is 18.1. The number of ether oxygens (including phenoxy) is 1. The molecule has 1 aromatic carbocycles. The summed E-state index contributed by atoms with van der Waals surface area (Å²) in [4.78, 5) is 24.5. The molecule has 8 heteroatoms. The molecule has 1 aliphatic heterocycles. The van der Waals surface area contributed by atoms with E-state index in [1.54, 1.807) is 12.1 Å². The fraction of sp³-hybridized carbons (Fsp3) is 0.353. The van der Waals surface area contributed by atoms with E-state index in [2.05, 4.69) is 5.32 Å². The number of hydrogen-bond donors (Lipinski definition) is 1. The molecule has 1 atom stereocenters. The lowest BCUT2D eigenvalue weighted by Crippen LogP contribution is -2.40. The molecule has 1 aromatic heterocycles. The Labute approximate surface area is 149 Å². The molecular weight excluding hydrogens is 344 g/mol. The standard InChI is InChI=1S/C17H17ClN4O3/c1-21-15(12(9-19)16(23)22(2)17(21)24)20-13-4-3-7-25-14-8-10(18)5-6-11(13)14/h5-6,8,13,20H,3-4,7H2,1-2H3. The van der Waals surface area contributed by atoms with Crippen LogP contribution >= 0.6 is 11.6 Å². The lowest BCUT2D eigenvalue weighted by molar-refractivity contribution is 0.316. The van der Waals surface area contributed by atoms with Gasteiger partial charge in [-0.15, -0.1) is 0 Å². The van der Waals surface area contributed by atoms with E-state index in [9.17, 15) is 14.9 Å². The van der Waals surface area contributed by atoms with Gasteiger partial charge in [-0.1, -0.05) is 17.7 Å². The number of rotatable bonds is 2. The molecule has 2 heterocycles. The van der Waals surface area contributed by atoms with E-state index in [0.29, 0.717) is 17.4 Å². The molecular formula is C17H17ClN4O3. The van der Waals surface area contributed by atoms with Crippen molar-refractivity contribution in [2.24, 2.45) is 14.1 Å². The Balaban J connectivity index is 2.12. The van der Waals surface area contributed by atoms with Crippen LogP contribution in [0, 0.1) is 11.3 Å². The van der Waals surface area contributed by atoms with Crippen LogP contribution in [0.3, 0.4) is 0 Å². The van der Waals surface area contributed by atoms with Crippen molar-refractivity contribution in [1.82, 2.24) is 9.13 Å². The summed E-state index contributed by atoms with van der Waals surface area (Å²) < 4.78 is 7.93. The van der Waals surface area contributed by atoms with Gasteiger partial charge in [-0.25, -0.2) is 4.79 Å². The monoisotopic (exact) mass is 360 g/mol. The molecule has 1 aliphatic rings. The molecule has 25 heavy (non-hydrogen) atoms. The average Bonchev–Trinajstić information content (AvgIpc) is 2.80. The number of aromatic nitrogens is 2. The average molecular weight is 361 g/mol. The third kappa shape index (κ3) is 3.01. The van der Waals surface area contributed by atoms with E-state index in [0.717, 1.165) is 23.0 Å². The van der Waals surface area contributed by atoms with Gasteiger partial charge in [0.2, 0.25) is 0 Å². The Kier molecular flexibility index (Phi) is 4.55. The van der Waals surface area contributed by atoms with Gasteiger partial charge in [0.1, 0.15) is 17.6 Å². The van der Waals surface area contributed by atoms with Crippen LogP contribution in [0.15, 0.2) is 27.8 Å². The van der Waals surface area contributed by atoms with Crippen molar-refractivity contribution >= 4 is 17.4 Å². The Morgan fingerprint density at radius 3 is 2.80 bits per heavy atom. The van der Waals surface area contributed by atoms with E-state index in [-0.39, 0.29) is 17.4 Å². The molecule has 0 fully saturated rings. The molecule has 0 radical (unpaired) electrons. The van der Waals surface area contributed by atoms with Gasteiger partial charge in [0.05, 0.1) is 12.6 Å². The summed E-state index contributed by atoms with van der Waals surface area (Å²) in [5.74, 6) is 0.873. The number of hydrogen-bond acceptors (Lipinski definition) is 5. The summed E-state index contributed by atoms with van der Waals surface area (Å²) in [5, 5.41) is 13.2. The van der Waals surface area contributed by atoms with Crippen molar-refractivity contribution in [2.45, 2.75) is 18.9 Å². The Morgan fingerprint density at radius 1 is 1.32 bits per heavy atom. The molecule has 3 rings (SSSR count). The van der Waals surface area contributed by atoms with Crippen molar-refractivity contribution in [3.63, 3.8) is 0 Å². The summed E-state index contributed by atoms with van der Waals surface area (Å²) >= 11 is 6.04. The van der Waals surface area contributed by atoms with Gasteiger partial charge in [-0.05, 0) is 25.0 Å². The highest BCUT2D eigenvalue weighted by atomic mass is 35.5. The number of nitrogens with one attached hydrogen (secondary N) is 1. The Morgan fingerprint density at radius 2 is 2.08 bits per heavy atom. The van der Waals surface area contributed by atoms with Crippen molar-refractivity contribution in [3.05, 3.63) is 55.2 Å². The zero-order valence-corrected chi connectivity index (χ0v) is 14.6. The number of fused-ring (bicyclic) bond motifs is 1. The van der Waals surface area contributed by atoms with E-state index < -0.39 is 11.2 Å². The number of benzene rings is 1. The third-order valence-electron chi connectivity index (χ3n) is 4.33. The smallest absolute Gasteiger partial charge is 0.332 e. The predicted molar refractivity (Wildman–Crippen MR) is 94.2 cm³/mol. The summed E-state index contributed by atoms with van der Waals surface area (Å²) in [6, 6.07) is 7.05. The molecule has 0 aliphatic carbocycles. The highest BCUT2D eigenvalue weighted by molar-refractivity contribution is 6.30. The summed E-state index contributed by atoms with van der Waals surface area (Å²) in [6.07, 6.45) is 1.51. The molecule has 0 saturated heterocycles. The lowest BCUT2D eigenvalue weighted by Gasteiger charge is -2.22. The molecule has 2 aromatic rings. The van der Waals surface area contributed by atoms with Crippen LogP contribution in [0.4, 0.5) is 5.82 Å². The van der Waals surface area contributed by atoms with E-state index in [4.69, 9.17) is 16.3 Å². The van der Waals surface area contributed by atoms with Gasteiger partial charge in [0, 0.05) is 24.7 Å². The maximum Gasteiger partial charge on any atom is 0.332 e. The topological polar surface area (TPSA) is 89.1 Å². The minimum Gasteiger partial charge on any atom is -0.493 e. The van der Waals surface area contributed by atoms with Crippen LogP contribution in [0.1, 0.15) is 30.0 Å². The minimum atomic E-state index is -0.616. The summed E-state index contributed by atoms with van der Waals surface area (Å²) in [5.41, 5.74) is -0.328. The molecule has 0 saturated carbocycles. The number of nitrogens with zero attached hydrogens (tertiary/aromatic N) is 3. The van der Waals surface area contributed by atoms with Crippen molar-refractivity contribution < 1.29 is 4.74 Å². The van der Waals surface area contributed by atoms with Gasteiger partial charge in [0.25, 0.3) is 5.56 Å². The van der Waals surface area contributed by atoms with E-state index in [1.807, 2.05) is 12.1 Å². The molecule has 1 N–H and O–H groups in total. The molecule has 1 unspecified atom stereocenters.